The molecule has 1 N–H and O–H groups in total. The van der Waals surface area contributed by atoms with Crippen molar-refractivity contribution in [1.82, 2.24) is 10.2 Å². The predicted octanol–water partition coefficient (Wildman–Crippen LogP) is 2.84. The fraction of sp³-hybridized carbons (Fsp3) is 0.286. The summed E-state index contributed by atoms with van der Waals surface area (Å²) in [6.07, 6.45) is 0.222. The van der Waals surface area contributed by atoms with Crippen LogP contribution in [0, 0.1) is 0 Å². The van der Waals surface area contributed by atoms with Crippen molar-refractivity contribution in [2.45, 2.75) is 18.6 Å². The first-order valence-corrected chi connectivity index (χ1v) is 11.6. The standard InChI is InChI=1S/C21H21N3O6S/c25-19(7-4-12-31(26,27)14-15-5-2-1-3-6-15)22-21-24-23-20(30-21)16-8-9-17-18(13-16)29-11-10-28-17/h1-3,5-6,8-9,13H,4,7,10-12,14H2,(H,22,24,25). The van der Waals surface area contributed by atoms with Crippen LogP contribution in [0.4, 0.5) is 6.01 Å². The Bertz CT molecular complexity index is 1160. The number of aromatic nitrogens is 2. The number of fused-ring (bicyclic) bond motifs is 1. The van der Waals surface area contributed by atoms with Gasteiger partial charge in [-0.3, -0.25) is 10.1 Å². The van der Waals surface area contributed by atoms with Gasteiger partial charge in [-0.1, -0.05) is 35.4 Å². The molecular formula is C21H21N3O6S. The van der Waals surface area contributed by atoms with E-state index in [4.69, 9.17) is 13.9 Å². The molecule has 10 heteroatoms. The van der Waals surface area contributed by atoms with Crippen LogP contribution in [-0.2, 0) is 20.4 Å². The quantitative estimate of drug-likeness (QED) is 0.564. The van der Waals surface area contributed by atoms with E-state index in [2.05, 4.69) is 15.5 Å². The van der Waals surface area contributed by atoms with Gasteiger partial charge in [0.1, 0.15) is 13.2 Å². The molecule has 162 valence electrons. The molecule has 1 aliphatic rings. The highest BCUT2D eigenvalue weighted by Gasteiger charge is 2.17. The van der Waals surface area contributed by atoms with Crippen molar-refractivity contribution in [1.29, 1.82) is 0 Å². The van der Waals surface area contributed by atoms with E-state index in [-0.39, 0.29) is 36.3 Å². The highest BCUT2D eigenvalue weighted by atomic mass is 32.2. The number of rotatable bonds is 8. The third-order valence-electron chi connectivity index (χ3n) is 4.55. The Hall–Kier alpha value is -3.40. The first-order valence-electron chi connectivity index (χ1n) is 9.76. The summed E-state index contributed by atoms with van der Waals surface area (Å²) in [6, 6.07) is 14.1. The molecule has 0 bridgehead atoms. The number of sulfone groups is 1. The number of ether oxygens (including phenoxy) is 2. The van der Waals surface area contributed by atoms with Crippen molar-refractivity contribution in [2.75, 3.05) is 24.3 Å². The van der Waals surface area contributed by atoms with Crippen molar-refractivity contribution in [3.05, 3.63) is 54.1 Å². The molecule has 0 aliphatic carbocycles. The van der Waals surface area contributed by atoms with Gasteiger partial charge in [0.15, 0.2) is 21.3 Å². The minimum Gasteiger partial charge on any atom is -0.486 e. The maximum absolute atomic E-state index is 12.2. The second-order valence-electron chi connectivity index (χ2n) is 7.00. The lowest BCUT2D eigenvalue weighted by atomic mass is 10.2. The summed E-state index contributed by atoms with van der Waals surface area (Å²) in [5.74, 6) is 0.930. The minimum atomic E-state index is -3.30. The van der Waals surface area contributed by atoms with Gasteiger partial charge in [0.05, 0.1) is 11.5 Å². The maximum Gasteiger partial charge on any atom is 0.322 e. The normalized spacial score (nSPS) is 13.0. The van der Waals surface area contributed by atoms with Gasteiger partial charge in [-0.15, -0.1) is 5.10 Å². The SMILES string of the molecule is O=C(CCCS(=O)(=O)Cc1ccccc1)Nc1nnc(-c2ccc3c(c2)OCCO3)o1. The van der Waals surface area contributed by atoms with Gasteiger partial charge in [-0.25, -0.2) is 8.42 Å². The number of carbonyl (C=O) groups is 1. The summed E-state index contributed by atoms with van der Waals surface area (Å²) in [5, 5.41) is 10.2. The Kier molecular flexibility index (Phi) is 6.17. The summed E-state index contributed by atoms with van der Waals surface area (Å²) < 4.78 is 40.9. The van der Waals surface area contributed by atoms with Crippen molar-refractivity contribution in [2.24, 2.45) is 0 Å². The smallest absolute Gasteiger partial charge is 0.322 e. The first-order chi connectivity index (χ1) is 15.0. The Morgan fingerprint density at radius 1 is 1.00 bits per heavy atom. The zero-order valence-corrected chi connectivity index (χ0v) is 17.4. The summed E-state index contributed by atoms with van der Waals surface area (Å²) in [4.78, 5) is 12.1. The van der Waals surface area contributed by atoms with Crippen molar-refractivity contribution in [3.63, 3.8) is 0 Å². The Morgan fingerprint density at radius 3 is 2.58 bits per heavy atom. The van der Waals surface area contributed by atoms with Crippen LogP contribution in [0.3, 0.4) is 0 Å². The van der Waals surface area contributed by atoms with Crippen LogP contribution in [0.25, 0.3) is 11.5 Å². The second-order valence-corrected chi connectivity index (χ2v) is 9.18. The van der Waals surface area contributed by atoms with Crippen LogP contribution in [-0.4, -0.2) is 43.5 Å². The van der Waals surface area contributed by atoms with Crippen molar-refractivity contribution < 1.29 is 27.1 Å². The highest BCUT2D eigenvalue weighted by molar-refractivity contribution is 7.90. The van der Waals surface area contributed by atoms with Crippen LogP contribution in [0.2, 0.25) is 0 Å². The number of anilines is 1. The molecule has 1 aromatic heterocycles. The zero-order chi connectivity index (χ0) is 21.7. The number of hydrogen-bond donors (Lipinski definition) is 1. The molecule has 0 radical (unpaired) electrons. The van der Waals surface area contributed by atoms with Crippen LogP contribution < -0.4 is 14.8 Å². The van der Waals surface area contributed by atoms with E-state index in [0.29, 0.717) is 30.3 Å². The van der Waals surface area contributed by atoms with E-state index in [1.54, 1.807) is 42.5 Å². The first kappa shape index (κ1) is 20.9. The van der Waals surface area contributed by atoms with Crippen LogP contribution in [0.1, 0.15) is 18.4 Å². The Morgan fingerprint density at radius 2 is 1.77 bits per heavy atom. The van der Waals surface area contributed by atoms with Gasteiger partial charge in [0.25, 0.3) is 0 Å². The van der Waals surface area contributed by atoms with E-state index < -0.39 is 15.7 Å². The van der Waals surface area contributed by atoms with Gasteiger partial charge >= 0.3 is 6.01 Å². The molecule has 0 saturated carbocycles. The predicted molar refractivity (Wildman–Crippen MR) is 113 cm³/mol. The highest BCUT2D eigenvalue weighted by Crippen LogP contribution is 2.34. The summed E-state index contributed by atoms with van der Waals surface area (Å²) in [6.45, 7) is 0.958. The van der Waals surface area contributed by atoms with E-state index in [0.717, 1.165) is 5.56 Å². The van der Waals surface area contributed by atoms with Gasteiger partial charge < -0.3 is 13.9 Å². The molecule has 9 nitrogen and oxygen atoms in total. The Balaban J connectivity index is 1.28. The molecule has 0 unspecified atom stereocenters. The number of nitrogens with zero attached hydrogens (tertiary/aromatic N) is 2. The van der Waals surface area contributed by atoms with Gasteiger partial charge in [0.2, 0.25) is 11.8 Å². The fourth-order valence-corrected chi connectivity index (χ4v) is 4.53. The maximum atomic E-state index is 12.2. The fourth-order valence-electron chi connectivity index (χ4n) is 3.10. The molecule has 31 heavy (non-hydrogen) atoms. The third kappa shape index (κ3) is 5.60. The lowest BCUT2D eigenvalue weighted by Gasteiger charge is -2.18. The van der Waals surface area contributed by atoms with E-state index in [9.17, 15) is 13.2 Å². The lowest BCUT2D eigenvalue weighted by Crippen LogP contribution is -2.15. The summed E-state index contributed by atoms with van der Waals surface area (Å²) >= 11 is 0. The summed E-state index contributed by atoms with van der Waals surface area (Å²) in [7, 11) is -3.30. The van der Waals surface area contributed by atoms with Gasteiger partial charge in [-0.05, 0) is 30.2 Å². The van der Waals surface area contributed by atoms with E-state index in [1.807, 2.05) is 6.07 Å². The topological polar surface area (TPSA) is 121 Å². The van der Waals surface area contributed by atoms with Crippen LogP contribution in [0.5, 0.6) is 11.5 Å². The van der Waals surface area contributed by atoms with Crippen LogP contribution in [0.15, 0.2) is 52.9 Å². The number of amides is 1. The average Bonchev–Trinajstić information content (AvgIpc) is 3.22. The zero-order valence-electron chi connectivity index (χ0n) is 16.6. The second kappa shape index (κ2) is 9.17. The number of carbonyl (C=O) groups excluding carboxylic acids is 1. The van der Waals surface area contributed by atoms with E-state index >= 15 is 0 Å². The minimum absolute atomic E-state index is 0.0236. The number of hydrogen-bond acceptors (Lipinski definition) is 8. The monoisotopic (exact) mass is 443 g/mol. The number of nitrogens with one attached hydrogen (secondary N) is 1. The molecule has 0 saturated heterocycles. The molecule has 0 spiro atoms. The lowest BCUT2D eigenvalue weighted by molar-refractivity contribution is -0.116. The summed E-state index contributed by atoms with van der Waals surface area (Å²) in [5.41, 5.74) is 1.36. The molecule has 2 heterocycles. The molecule has 4 rings (SSSR count). The number of benzene rings is 2. The van der Waals surface area contributed by atoms with Crippen LogP contribution >= 0.6 is 0 Å². The largest absolute Gasteiger partial charge is 0.486 e. The molecule has 1 aliphatic heterocycles. The molecule has 3 aromatic rings. The van der Waals surface area contributed by atoms with E-state index in [1.165, 1.54) is 0 Å². The molecule has 1 amide bonds. The Labute approximate surface area is 179 Å². The van der Waals surface area contributed by atoms with Gasteiger partial charge in [0, 0.05) is 12.0 Å². The average molecular weight is 443 g/mol. The third-order valence-corrected chi connectivity index (χ3v) is 6.23. The van der Waals surface area contributed by atoms with Gasteiger partial charge in [-0.2, -0.15) is 0 Å². The van der Waals surface area contributed by atoms with Crippen molar-refractivity contribution >= 4 is 21.8 Å². The molecule has 0 atom stereocenters. The van der Waals surface area contributed by atoms with Crippen molar-refractivity contribution in [3.8, 4) is 23.0 Å². The molecule has 2 aromatic carbocycles. The molecule has 0 fully saturated rings. The molecular weight excluding hydrogens is 422 g/mol.